The largest absolute Gasteiger partial charge is 0.320 e. The van der Waals surface area contributed by atoms with Gasteiger partial charge in [-0.1, -0.05) is 6.08 Å². The molecule has 0 aliphatic rings. The molecule has 0 spiro atoms. The molecule has 0 aromatic heterocycles. The molecular weight excluding hydrogens is 260 g/mol. The maximum absolute atomic E-state index is 13.5. The average Bonchev–Trinajstić information content (AvgIpc) is 2.34. The van der Waals surface area contributed by atoms with Crippen LogP contribution in [0.1, 0.15) is 6.42 Å². The first-order valence-corrected chi connectivity index (χ1v) is 5.18. The van der Waals surface area contributed by atoms with E-state index in [-0.39, 0.29) is 6.42 Å². The molecule has 1 atom stereocenters. The summed E-state index contributed by atoms with van der Waals surface area (Å²) in [6.45, 7) is 3.37. The molecule has 0 saturated heterocycles. The van der Waals surface area contributed by atoms with Crippen molar-refractivity contribution in [2.75, 3.05) is 5.32 Å². The Kier molecular flexibility index (Phi) is 4.65. The first kappa shape index (κ1) is 14.7. The van der Waals surface area contributed by atoms with Gasteiger partial charge in [0.2, 0.25) is 5.91 Å². The molecule has 0 heterocycles. The van der Waals surface area contributed by atoms with Crippen LogP contribution >= 0.6 is 0 Å². The lowest BCUT2D eigenvalue weighted by Gasteiger charge is -2.11. The van der Waals surface area contributed by atoms with Crippen LogP contribution in [0.5, 0.6) is 0 Å². The summed E-state index contributed by atoms with van der Waals surface area (Å²) in [4.78, 5) is 21.3. The molecule has 19 heavy (non-hydrogen) atoms. The number of hydrogen-bond donors (Lipinski definition) is 2. The van der Waals surface area contributed by atoms with Crippen molar-refractivity contribution in [3.8, 4) is 0 Å². The highest BCUT2D eigenvalue weighted by Crippen LogP contribution is 2.29. The first-order chi connectivity index (χ1) is 8.88. The molecule has 1 unspecified atom stereocenters. The Balaban J connectivity index is 3.12. The topological polar surface area (TPSA) is 98.3 Å². The predicted molar refractivity (Wildman–Crippen MR) is 64.4 cm³/mol. The molecule has 3 N–H and O–H groups in total. The van der Waals surface area contributed by atoms with E-state index in [2.05, 4.69) is 6.58 Å². The standard InChI is InChI=1S/C11H11F2N3O3/c1-2-3-7(14)11(17)15-10-8(16(18)19)5-4-6(12)9(10)13/h2,4-5,7H,1,3,14H2,(H,15,17). The Morgan fingerprint density at radius 2 is 2.21 bits per heavy atom. The molecule has 8 heteroatoms. The normalized spacial score (nSPS) is 11.7. The Labute approximate surface area is 107 Å². The number of carbonyl (C=O) groups excluding carboxylic acids is 1. The highest BCUT2D eigenvalue weighted by molar-refractivity contribution is 5.96. The van der Waals surface area contributed by atoms with Crippen LogP contribution in [0, 0.1) is 21.7 Å². The summed E-state index contributed by atoms with van der Waals surface area (Å²) in [5.74, 6) is -3.68. The summed E-state index contributed by atoms with van der Waals surface area (Å²) >= 11 is 0. The van der Waals surface area contributed by atoms with E-state index < -0.39 is 39.9 Å². The van der Waals surface area contributed by atoms with Gasteiger partial charge in [0.15, 0.2) is 17.3 Å². The van der Waals surface area contributed by atoms with E-state index in [1.807, 2.05) is 5.32 Å². The minimum atomic E-state index is -1.51. The number of amides is 1. The number of nitro benzene ring substituents is 1. The molecule has 0 radical (unpaired) electrons. The highest BCUT2D eigenvalue weighted by Gasteiger charge is 2.24. The van der Waals surface area contributed by atoms with E-state index in [1.165, 1.54) is 6.08 Å². The summed E-state index contributed by atoms with van der Waals surface area (Å²) in [6.07, 6.45) is 1.46. The van der Waals surface area contributed by atoms with Crippen molar-refractivity contribution in [3.63, 3.8) is 0 Å². The third-order valence-corrected chi connectivity index (χ3v) is 2.28. The smallest absolute Gasteiger partial charge is 0.296 e. The lowest BCUT2D eigenvalue weighted by Crippen LogP contribution is -2.35. The van der Waals surface area contributed by atoms with Crippen molar-refractivity contribution in [2.45, 2.75) is 12.5 Å². The molecular formula is C11H11F2N3O3. The maximum atomic E-state index is 13.5. The zero-order valence-electron chi connectivity index (χ0n) is 9.73. The van der Waals surface area contributed by atoms with Crippen LogP contribution < -0.4 is 11.1 Å². The number of nitrogens with zero attached hydrogens (tertiary/aromatic N) is 1. The van der Waals surface area contributed by atoms with Gasteiger partial charge in [0.25, 0.3) is 5.69 Å². The van der Waals surface area contributed by atoms with Gasteiger partial charge in [-0.25, -0.2) is 8.78 Å². The van der Waals surface area contributed by atoms with E-state index in [0.29, 0.717) is 6.07 Å². The molecule has 0 saturated carbocycles. The van der Waals surface area contributed by atoms with Gasteiger partial charge in [0.1, 0.15) is 0 Å². The summed E-state index contributed by atoms with van der Waals surface area (Å²) in [6, 6.07) is 0.305. The van der Waals surface area contributed by atoms with Crippen molar-refractivity contribution < 1.29 is 18.5 Å². The molecule has 0 aliphatic heterocycles. The van der Waals surface area contributed by atoms with Gasteiger partial charge in [0, 0.05) is 6.07 Å². The van der Waals surface area contributed by atoms with Crippen molar-refractivity contribution in [2.24, 2.45) is 5.73 Å². The molecule has 1 aromatic carbocycles. The number of nitrogens with one attached hydrogen (secondary N) is 1. The van der Waals surface area contributed by atoms with Crippen molar-refractivity contribution >= 4 is 17.3 Å². The van der Waals surface area contributed by atoms with E-state index in [1.54, 1.807) is 0 Å². The third kappa shape index (κ3) is 3.32. The number of benzene rings is 1. The van der Waals surface area contributed by atoms with Crippen LogP contribution in [-0.2, 0) is 4.79 Å². The molecule has 0 fully saturated rings. The molecule has 0 bridgehead atoms. The summed E-state index contributed by atoms with van der Waals surface area (Å²) in [5.41, 5.74) is 3.83. The van der Waals surface area contributed by atoms with Crippen LogP contribution in [0.25, 0.3) is 0 Å². The monoisotopic (exact) mass is 271 g/mol. The van der Waals surface area contributed by atoms with E-state index in [4.69, 9.17) is 5.73 Å². The molecule has 6 nitrogen and oxygen atoms in total. The lowest BCUT2D eigenvalue weighted by molar-refractivity contribution is -0.384. The van der Waals surface area contributed by atoms with Crippen molar-refractivity contribution in [1.82, 2.24) is 0 Å². The molecule has 0 aliphatic carbocycles. The second kappa shape index (κ2) is 6.01. The minimum absolute atomic E-state index is 0.0938. The maximum Gasteiger partial charge on any atom is 0.296 e. The molecule has 1 amide bonds. The van der Waals surface area contributed by atoms with Gasteiger partial charge < -0.3 is 11.1 Å². The zero-order valence-corrected chi connectivity index (χ0v) is 9.73. The van der Waals surface area contributed by atoms with Crippen LogP contribution in [0.15, 0.2) is 24.8 Å². The fourth-order valence-corrected chi connectivity index (χ4v) is 1.31. The number of anilines is 1. The van der Waals surface area contributed by atoms with Crippen LogP contribution in [0.3, 0.4) is 0 Å². The van der Waals surface area contributed by atoms with E-state index in [0.717, 1.165) is 6.07 Å². The van der Waals surface area contributed by atoms with Gasteiger partial charge in [0.05, 0.1) is 11.0 Å². The van der Waals surface area contributed by atoms with Crippen molar-refractivity contribution in [3.05, 3.63) is 46.5 Å². The second-order valence-electron chi connectivity index (χ2n) is 3.63. The van der Waals surface area contributed by atoms with Gasteiger partial charge in [-0.2, -0.15) is 0 Å². The summed E-state index contributed by atoms with van der Waals surface area (Å²) in [7, 11) is 0. The van der Waals surface area contributed by atoms with Gasteiger partial charge in [-0.15, -0.1) is 6.58 Å². The number of carbonyl (C=O) groups is 1. The lowest BCUT2D eigenvalue weighted by atomic mass is 10.2. The number of halogens is 2. The number of nitro groups is 1. The van der Waals surface area contributed by atoms with Crippen LogP contribution in [0.4, 0.5) is 20.2 Å². The van der Waals surface area contributed by atoms with Crippen molar-refractivity contribution in [1.29, 1.82) is 0 Å². The zero-order chi connectivity index (χ0) is 14.6. The summed E-state index contributed by atoms with van der Waals surface area (Å²) in [5, 5.41) is 12.6. The molecule has 1 aromatic rings. The Morgan fingerprint density at radius 1 is 1.58 bits per heavy atom. The fraction of sp³-hybridized carbons (Fsp3) is 0.182. The predicted octanol–water partition coefficient (Wildman–Crippen LogP) is 1.71. The van der Waals surface area contributed by atoms with Crippen LogP contribution in [0.2, 0.25) is 0 Å². The molecule has 102 valence electrons. The highest BCUT2D eigenvalue weighted by atomic mass is 19.2. The van der Waals surface area contributed by atoms with Gasteiger partial charge in [-0.05, 0) is 12.5 Å². The first-order valence-electron chi connectivity index (χ1n) is 5.18. The van der Waals surface area contributed by atoms with Gasteiger partial charge in [-0.3, -0.25) is 14.9 Å². The molecule has 1 rings (SSSR count). The number of hydrogen-bond acceptors (Lipinski definition) is 4. The minimum Gasteiger partial charge on any atom is -0.320 e. The third-order valence-electron chi connectivity index (χ3n) is 2.28. The fourth-order valence-electron chi connectivity index (χ4n) is 1.31. The van der Waals surface area contributed by atoms with E-state index >= 15 is 0 Å². The number of rotatable bonds is 5. The average molecular weight is 271 g/mol. The SMILES string of the molecule is C=CCC(N)C(=O)Nc1c([N+](=O)[O-])ccc(F)c1F. The summed E-state index contributed by atoms with van der Waals surface area (Å²) < 4.78 is 26.5. The Bertz CT molecular complexity index is 534. The Morgan fingerprint density at radius 3 is 2.74 bits per heavy atom. The van der Waals surface area contributed by atoms with Gasteiger partial charge >= 0.3 is 0 Å². The van der Waals surface area contributed by atoms with E-state index in [9.17, 15) is 23.7 Å². The Hall–Kier alpha value is -2.35. The number of nitrogens with two attached hydrogens (primary N) is 1. The quantitative estimate of drug-likeness (QED) is 0.484. The van der Waals surface area contributed by atoms with Crippen LogP contribution in [-0.4, -0.2) is 16.9 Å². The second-order valence-corrected chi connectivity index (χ2v) is 3.63.